The lowest BCUT2D eigenvalue weighted by Gasteiger charge is -2.02. The van der Waals surface area contributed by atoms with Gasteiger partial charge in [0.1, 0.15) is 17.8 Å². The van der Waals surface area contributed by atoms with E-state index in [1.54, 1.807) is 18.4 Å². The zero-order valence-corrected chi connectivity index (χ0v) is 10.6. The molecule has 0 bridgehead atoms. The number of halogens is 2. The van der Waals surface area contributed by atoms with Crippen molar-refractivity contribution in [3.05, 3.63) is 40.3 Å². The van der Waals surface area contributed by atoms with Crippen molar-refractivity contribution < 1.29 is 14.0 Å². The standard InChI is InChI=1S/C12H11BrFNO2/c13-10-6-8(3-4-11(10)14)12-9(2-1-5-16)7-17-15-12/h3-4,6-7,16H,1-2,5H2. The number of aromatic nitrogens is 1. The van der Waals surface area contributed by atoms with E-state index in [0.29, 0.717) is 23.0 Å². The zero-order chi connectivity index (χ0) is 12.3. The van der Waals surface area contributed by atoms with Gasteiger partial charge in [0.25, 0.3) is 0 Å². The van der Waals surface area contributed by atoms with Crippen LogP contribution in [0.15, 0.2) is 33.5 Å². The fourth-order valence-corrected chi connectivity index (χ4v) is 1.96. The molecule has 5 heteroatoms. The second-order valence-corrected chi connectivity index (χ2v) is 4.50. The average molecular weight is 300 g/mol. The van der Waals surface area contributed by atoms with Gasteiger partial charge in [0, 0.05) is 17.7 Å². The van der Waals surface area contributed by atoms with Crippen LogP contribution in [0.2, 0.25) is 0 Å². The first-order chi connectivity index (χ1) is 8.22. The third-order valence-corrected chi connectivity index (χ3v) is 3.05. The van der Waals surface area contributed by atoms with Crippen LogP contribution in [-0.2, 0) is 6.42 Å². The quantitative estimate of drug-likeness (QED) is 0.943. The molecule has 0 radical (unpaired) electrons. The lowest BCUT2D eigenvalue weighted by atomic mass is 10.1. The first kappa shape index (κ1) is 12.3. The maximum absolute atomic E-state index is 13.1. The monoisotopic (exact) mass is 299 g/mol. The van der Waals surface area contributed by atoms with E-state index in [2.05, 4.69) is 21.1 Å². The van der Waals surface area contributed by atoms with E-state index in [9.17, 15) is 4.39 Å². The fraction of sp³-hybridized carbons (Fsp3) is 0.250. The van der Waals surface area contributed by atoms with Gasteiger partial charge in [0.2, 0.25) is 0 Å². The van der Waals surface area contributed by atoms with Gasteiger partial charge in [0.05, 0.1) is 4.47 Å². The van der Waals surface area contributed by atoms with E-state index >= 15 is 0 Å². The van der Waals surface area contributed by atoms with Crippen LogP contribution in [-0.4, -0.2) is 16.9 Å². The van der Waals surface area contributed by atoms with Crippen LogP contribution in [0.3, 0.4) is 0 Å². The van der Waals surface area contributed by atoms with Gasteiger partial charge in [0.15, 0.2) is 0 Å². The largest absolute Gasteiger partial charge is 0.396 e. The molecule has 0 amide bonds. The summed E-state index contributed by atoms with van der Waals surface area (Å²) in [4.78, 5) is 0. The predicted molar refractivity (Wildman–Crippen MR) is 65.0 cm³/mol. The van der Waals surface area contributed by atoms with Crippen LogP contribution in [0.5, 0.6) is 0 Å². The van der Waals surface area contributed by atoms with Crippen molar-refractivity contribution in [2.75, 3.05) is 6.61 Å². The molecular weight excluding hydrogens is 289 g/mol. The summed E-state index contributed by atoms with van der Waals surface area (Å²) >= 11 is 3.14. The smallest absolute Gasteiger partial charge is 0.137 e. The highest BCUT2D eigenvalue weighted by molar-refractivity contribution is 9.10. The Kier molecular flexibility index (Phi) is 3.91. The third kappa shape index (κ3) is 2.73. The Labute approximate surface area is 106 Å². The Balaban J connectivity index is 2.32. The molecule has 1 aromatic carbocycles. The summed E-state index contributed by atoms with van der Waals surface area (Å²) in [5.41, 5.74) is 2.40. The Morgan fingerprint density at radius 2 is 2.24 bits per heavy atom. The molecule has 17 heavy (non-hydrogen) atoms. The number of nitrogens with zero attached hydrogens (tertiary/aromatic N) is 1. The molecule has 0 unspecified atom stereocenters. The summed E-state index contributed by atoms with van der Waals surface area (Å²) in [5, 5.41) is 12.7. The van der Waals surface area contributed by atoms with Crippen molar-refractivity contribution in [1.29, 1.82) is 0 Å². The fourth-order valence-electron chi connectivity index (χ4n) is 1.59. The molecule has 0 aliphatic heterocycles. The van der Waals surface area contributed by atoms with E-state index in [1.165, 1.54) is 6.07 Å². The van der Waals surface area contributed by atoms with E-state index in [-0.39, 0.29) is 12.4 Å². The van der Waals surface area contributed by atoms with Gasteiger partial charge in [-0.1, -0.05) is 5.16 Å². The van der Waals surface area contributed by atoms with Gasteiger partial charge in [-0.2, -0.15) is 0 Å². The first-order valence-electron chi connectivity index (χ1n) is 5.22. The van der Waals surface area contributed by atoms with Gasteiger partial charge in [-0.3, -0.25) is 0 Å². The highest BCUT2D eigenvalue weighted by Crippen LogP contribution is 2.27. The SMILES string of the molecule is OCCCc1conc1-c1ccc(F)c(Br)c1. The Morgan fingerprint density at radius 3 is 2.94 bits per heavy atom. The molecule has 0 saturated carbocycles. The molecule has 1 N–H and O–H groups in total. The normalized spacial score (nSPS) is 10.8. The second kappa shape index (κ2) is 5.42. The number of hydrogen-bond acceptors (Lipinski definition) is 3. The van der Waals surface area contributed by atoms with Crippen molar-refractivity contribution >= 4 is 15.9 Å². The third-order valence-electron chi connectivity index (χ3n) is 2.44. The average Bonchev–Trinajstić information content (AvgIpc) is 2.78. The molecule has 0 saturated heterocycles. The number of aliphatic hydroxyl groups excluding tert-OH is 1. The van der Waals surface area contributed by atoms with Crippen LogP contribution in [0.25, 0.3) is 11.3 Å². The van der Waals surface area contributed by atoms with Crippen LogP contribution >= 0.6 is 15.9 Å². The number of benzene rings is 1. The molecular formula is C12H11BrFNO2. The molecule has 0 aliphatic carbocycles. The molecule has 1 aromatic heterocycles. The van der Waals surface area contributed by atoms with Gasteiger partial charge in [-0.25, -0.2) is 4.39 Å². The van der Waals surface area contributed by atoms with E-state index in [4.69, 9.17) is 9.63 Å². The van der Waals surface area contributed by atoms with Crippen LogP contribution in [0, 0.1) is 5.82 Å². The number of rotatable bonds is 4. The highest BCUT2D eigenvalue weighted by Gasteiger charge is 2.11. The van der Waals surface area contributed by atoms with Gasteiger partial charge < -0.3 is 9.63 Å². The van der Waals surface area contributed by atoms with Crippen LogP contribution < -0.4 is 0 Å². The second-order valence-electron chi connectivity index (χ2n) is 3.64. The Bertz CT molecular complexity index is 513. The molecule has 0 spiro atoms. The minimum absolute atomic E-state index is 0.123. The van der Waals surface area contributed by atoms with E-state index in [0.717, 1.165) is 11.1 Å². The first-order valence-corrected chi connectivity index (χ1v) is 6.01. The minimum Gasteiger partial charge on any atom is -0.396 e. The van der Waals surface area contributed by atoms with Gasteiger partial charge >= 0.3 is 0 Å². The minimum atomic E-state index is -0.311. The van der Waals surface area contributed by atoms with Crippen molar-refractivity contribution in [2.45, 2.75) is 12.8 Å². The molecule has 2 aromatic rings. The number of hydrogen-bond donors (Lipinski definition) is 1. The zero-order valence-electron chi connectivity index (χ0n) is 8.99. The molecule has 90 valence electrons. The number of aliphatic hydroxyl groups is 1. The lowest BCUT2D eigenvalue weighted by molar-refractivity contribution is 0.288. The van der Waals surface area contributed by atoms with E-state index in [1.807, 2.05) is 0 Å². The maximum Gasteiger partial charge on any atom is 0.137 e. The maximum atomic E-state index is 13.1. The van der Waals surface area contributed by atoms with Crippen LogP contribution in [0.4, 0.5) is 4.39 Å². The molecule has 2 rings (SSSR count). The molecule has 0 fully saturated rings. The van der Waals surface area contributed by atoms with Crippen LogP contribution in [0.1, 0.15) is 12.0 Å². The summed E-state index contributed by atoms with van der Waals surface area (Å²) in [6.45, 7) is 0.123. The van der Waals surface area contributed by atoms with E-state index < -0.39 is 0 Å². The Morgan fingerprint density at radius 1 is 1.41 bits per heavy atom. The Hall–Kier alpha value is -1.20. The molecule has 1 heterocycles. The van der Waals surface area contributed by atoms with Crippen molar-refractivity contribution in [3.8, 4) is 11.3 Å². The summed E-state index contributed by atoms with van der Waals surface area (Å²) in [6.07, 6.45) is 2.89. The molecule has 3 nitrogen and oxygen atoms in total. The summed E-state index contributed by atoms with van der Waals surface area (Å²) < 4.78 is 18.4. The summed E-state index contributed by atoms with van der Waals surface area (Å²) in [6, 6.07) is 4.69. The van der Waals surface area contributed by atoms with Crippen molar-refractivity contribution in [3.63, 3.8) is 0 Å². The molecule has 0 aliphatic rings. The van der Waals surface area contributed by atoms with Crippen molar-refractivity contribution in [1.82, 2.24) is 5.16 Å². The summed E-state index contributed by atoms with van der Waals surface area (Å²) in [5.74, 6) is -0.311. The predicted octanol–water partition coefficient (Wildman–Crippen LogP) is 3.17. The van der Waals surface area contributed by atoms with Crippen molar-refractivity contribution in [2.24, 2.45) is 0 Å². The highest BCUT2D eigenvalue weighted by atomic mass is 79.9. The molecule has 0 atom stereocenters. The lowest BCUT2D eigenvalue weighted by Crippen LogP contribution is -1.91. The van der Waals surface area contributed by atoms with Gasteiger partial charge in [-0.15, -0.1) is 0 Å². The van der Waals surface area contributed by atoms with Gasteiger partial charge in [-0.05, 0) is 47.0 Å². The number of aryl methyl sites for hydroxylation is 1. The summed E-state index contributed by atoms with van der Waals surface area (Å²) in [7, 11) is 0. The topological polar surface area (TPSA) is 46.3 Å².